The molecule has 0 saturated heterocycles. The Balaban J connectivity index is 1.66. The molecular weight excluding hydrogens is 370 g/mol. The molecule has 0 fully saturated rings. The minimum absolute atomic E-state index is 0.0969. The fourth-order valence-electron chi connectivity index (χ4n) is 2.89. The molecule has 0 unspecified atom stereocenters. The fraction of sp³-hybridized carbons (Fsp3) is 0.227. The van der Waals surface area contributed by atoms with Crippen molar-refractivity contribution in [2.75, 3.05) is 19.5 Å². The summed E-state index contributed by atoms with van der Waals surface area (Å²) in [4.78, 5) is 24.2. The minimum Gasteiger partial charge on any atom is -0.493 e. The van der Waals surface area contributed by atoms with Gasteiger partial charge in [0.25, 0.3) is 5.56 Å². The van der Waals surface area contributed by atoms with E-state index < -0.39 is 0 Å². The van der Waals surface area contributed by atoms with Crippen LogP contribution in [0.25, 0.3) is 11.3 Å². The Bertz CT molecular complexity index is 1030. The van der Waals surface area contributed by atoms with Crippen molar-refractivity contribution in [1.29, 1.82) is 0 Å². The summed E-state index contributed by atoms with van der Waals surface area (Å²) >= 11 is 0. The normalized spacial score (nSPS) is 10.4. The lowest BCUT2D eigenvalue weighted by Crippen LogP contribution is -2.23. The van der Waals surface area contributed by atoms with Gasteiger partial charge in [-0.1, -0.05) is 18.2 Å². The molecule has 0 aliphatic carbocycles. The van der Waals surface area contributed by atoms with Crippen molar-refractivity contribution >= 4 is 11.6 Å². The van der Waals surface area contributed by atoms with Crippen LogP contribution < -0.4 is 20.3 Å². The Morgan fingerprint density at radius 1 is 1.00 bits per heavy atom. The maximum Gasteiger partial charge on any atom is 0.266 e. The Hall–Kier alpha value is -3.61. The Labute approximate surface area is 168 Å². The van der Waals surface area contributed by atoms with Gasteiger partial charge in [-0.3, -0.25) is 9.59 Å². The molecular formula is C22H23N3O4. The molecule has 1 N–H and O–H groups in total. The van der Waals surface area contributed by atoms with E-state index >= 15 is 0 Å². The zero-order valence-corrected chi connectivity index (χ0v) is 16.4. The SMILES string of the molecule is COc1ccc(-c2ccc(=O)n(CCCC(=O)Nc3ccccc3)n2)cc1OC. The highest BCUT2D eigenvalue weighted by Crippen LogP contribution is 2.31. The van der Waals surface area contributed by atoms with Gasteiger partial charge in [0.05, 0.1) is 19.9 Å². The van der Waals surface area contributed by atoms with Crippen LogP contribution in [0.1, 0.15) is 12.8 Å². The predicted molar refractivity (Wildman–Crippen MR) is 111 cm³/mol. The number of rotatable bonds is 8. The molecule has 2 aromatic carbocycles. The number of hydrogen-bond donors (Lipinski definition) is 1. The first-order chi connectivity index (χ1) is 14.1. The van der Waals surface area contributed by atoms with Gasteiger partial charge >= 0.3 is 0 Å². The number of aromatic nitrogens is 2. The van der Waals surface area contributed by atoms with Gasteiger partial charge in [0.1, 0.15) is 0 Å². The maximum atomic E-state index is 12.1. The van der Waals surface area contributed by atoms with Crippen LogP contribution >= 0.6 is 0 Å². The molecule has 3 aromatic rings. The Kier molecular flexibility index (Phi) is 6.63. The van der Waals surface area contributed by atoms with Crippen LogP contribution in [0.15, 0.2) is 65.5 Å². The maximum absolute atomic E-state index is 12.1. The standard InChI is InChI=1S/C22H23N3O4/c1-28-19-12-10-16(15-20(19)29-2)18-11-13-22(27)25(24-18)14-6-9-21(26)23-17-7-4-3-5-8-17/h3-5,7-8,10-13,15H,6,9,14H2,1-2H3,(H,23,26). The quantitative estimate of drug-likeness (QED) is 0.635. The van der Waals surface area contributed by atoms with E-state index in [1.165, 1.54) is 10.7 Å². The fourth-order valence-corrected chi connectivity index (χ4v) is 2.89. The number of nitrogens with one attached hydrogen (secondary N) is 1. The summed E-state index contributed by atoms with van der Waals surface area (Å²) in [6, 6.07) is 17.9. The van der Waals surface area contributed by atoms with Gasteiger partial charge in [0.2, 0.25) is 5.91 Å². The molecule has 0 radical (unpaired) electrons. The lowest BCUT2D eigenvalue weighted by atomic mass is 10.1. The van der Waals surface area contributed by atoms with Crippen molar-refractivity contribution in [3.63, 3.8) is 0 Å². The van der Waals surface area contributed by atoms with Crippen LogP contribution in [-0.2, 0) is 11.3 Å². The van der Waals surface area contributed by atoms with Gasteiger partial charge in [0, 0.05) is 30.3 Å². The molecule has 1 heterocycles. The number of ether oxygens (including phenoxy) is 2. The number of anilines is 1. The Morgan fingerprint density at radius 3 is 2.48 bits per heavy atom. The number of benzene rings is 2. The van der Waals surface area contributed by atoms with Crippen LogP contribution in [0.4, 0.5) is 5.69 Å². The van der Waals surface area contributed by atoms with Crippen LogP contribution in [0.3, 0.4) is 0 Å². The van der Waals surface area contributed by atoms with Crippen LogP contribution in [0.5, 0.6) is 11.5 Å². The van der Waals surface area contributed by atoms with Crippen molar-refractivity contribution in [2.45, 2.75) is 19.4 Å². The van der Waals surface area contributed by atoms with Crippen LogP contribution in [0, 0.1) is 0 Å². The molecule has 0 spiro atoms. The third kappa shape index (κ3) is 5.22. The lowest BCUT2D eigenvalue weighted by Gasteiger charge is -2.11. The number of para-hydroxylation sites is 1. The van der Waals surface area contributed by atoms with E-state index in [0.29, 0.717) is 36.6 Å². The van der Waals surface area contributed by atoms with Crippen molar-refractivity contribution < 1.29 is 14.3 Å². The van der Waals surface area contributed by atoms with Crippen molar-refractivity contribution in [3.8, 4) is 22.8 Å². The second-order valence-electron chi connectivity index (χ2n) is 6.37. The number of nitrogens with zero attached hydrogens (tertiary/aromatic N) is 2. The van der Waals surface area contributed by atoms with E-state index in [-0.39, 0.29) is 11.5 Å². The van der Waals surface area contributed by atoms with Gasteiger partial charge in [-0.2, -0.15) is 5.10 Å². The molecule has 0 aliphatic heterocycles. The second-order valence-corrected chi connectivity index (χ2v) is 6.37. The molecule has 7 heteroatoms. The van der Waals surface area contributed by atoms with Gasteiger partial charge in [0.15, 0.2) is 11.5 Å². The molecule has 3 rings (SSSR count). The summed E-state index contributed by atoms with van der Waals surface area (Å²) in [5.41, 5.74) is 1.98. The first-order valence-corrected chi connectivity index (χ1v) is 9.26. The summed E-state index contributed by atoms with van der Waals surface area (Å²) in [6.07, 6.45) is 0.796. The molecule has 1 amide bonds. The molecule has 150 valence electrons. The highest BCUT2D eigenvalue weighted by atomic mass is 16.5. The van der Waals surface area contributed by atoms with E-state index in [0.717, 1.165) is 11.3 Å². The topological polar surface area (TPSA) is 82.5 Å². The second kappa shape index (κ2) is 9.54. The summed E-state index contributed by atoms with van der Waals surface area (Å²) in [6.45, 7) is 0.349. The molecule has 1 aromatic heterocycles. The number of amides is 1. The van der Waals surface area contributed by atoms with Gasteiger partial charge in [-0.15, -0.1) is 0 Å². The van der Waals surface area contributed by atoms with E-state index in [1.807, 2.05) is 42.5 Å². The minimum atomic E-state index is -0.210. The van der Waals surface area contributed by atoms with Crippen molar-refractivity contribution in [3.05, 3.63) is 71.0 Å². The van der Waals surface area contributed by atoms with E-state index in [9.17, 15) is 9.59 Å². The van der Waals surface area contributed by atoms with Crippen LogP contribution in [-0.4, -0.2) is 29.9 Å². The number of carbonyl (C=O) groups excluding carboxylic acids is 1. The average molecular weight is 393 g/mol. The lowest BCUT2D eigenvalue weighted by molar-refractivity contribution is -0.116. The largest absolute Gasteiger partial charge is 0.493 e. The summed E-state index contributed by atoms with van der Waals surface area (Å²) in [5, 5.41) is 7.26. The zero-order valence-electron chi connectivity index (χ0n) is 16.4. The molecule has 0 aliphatic rings. The summed E-state index contributed by atoms with van der Waals surface area (Å²) < 4.78 is 12.0. The van der Waals surface area contributed by atoms with Gasteiger partial charge in [-0.25, -0.2) is 4.68 Å². The summed E-state index contributed by atoms with van der Waals surface area (Å²) in [7, 11) is 3.14. The highest BCUT2D eigenvalue weighted by molar-refractivity contribution is 5.90. The van der Waals surface area contributed by atoms with Crippen LogP contribution in [0.2, 0.25) is 0 Å². The molecule has 7 nitrogen and oxygen atoms in total. The predicted octanol–water partition coefficient (Wildman–Crippen LogP) is 3.35. The molecule has 0 bridgehead atoms. The molecule has 0 saturated carbocycles. The number of hydrogen-bond acceptors (Lipinski definition) is 5. The van der Waals surface area contributed by atoms with E-state index in [4.69, 9.17) is 9.47 Å². The third-order valence-corrected chi connectivity index (χ3v) is 4.38. The monoisotopic (exact) mass is 393 g/mol. The molecule has 29 heavy (non-hydrogen) atoms. The summed E-state index contributed by atoms with van der Waals surface area (Å²) in [5.74, 6) is 1.11. The smallest absolute Gasteiger partial charge is 0.266 e. The Morgan fingerprint density at radius 2 is 1.76 bits per heavy atom. The molecule has 0 atom stereocenters. The first-order valence-electron chi connectivity index (χ1n) is 9.26. The van der Waals surface area contributed by atoms with Gasteiger partial charge in [-0.05, 0) is 42.8 Å². The van der Waals surface area contributed by atoms with E-state index in [1.54, 1.807) is 26.4 Å². The van der Waals surface area contributed by atoms with E-state index in [2.05, 4.69) is 10.4 Å². The number of methoxy groups -OCH3 is 2. The zero-order chi connectivity index (χ0) is 20.6. The highest BCUT2D eigenvalue weighted by Gasteiger charge is 2.09. The third-order valence-electron chi connectivity index (χ3n) is 4.38. The van der Waals surface area contributed by atoms with Crippen molar-refractivity contribution in [2.24, 2.45) is 0 Å². The number of carbonyl (C=O) groups is 1. The van der Waals surface area contributed by atoms with Crippen molar-refractivity contribution in [1.82, 2.24) is 9.78 Å². The number of aryl methyl sites for hydroxylation is 1. The van der Waals surface area contributed by atoms with Gasteiger partial charge < -0.3 is 14.8 Å². The first kappa shape index (κ1) is 20.1. The average Bonchev–Trinajstić information content (AvgIpc) is 2.75.